The second-order valence-electron chi connectivity index (χ2n) is 8.10. The summed E-state index contributed by atoms with van der Waals surface area (Å²) in [5, 5.41) is 12.6. The maximum Gasteiger partial charge on any atom is 0.231 e. The van der Waals surface area contributed by atoms with Crippen molar-refractivity contribution >= 4 is 0 Å². The van der Waals surface area contributed by atoms with Gasteiger partial charge >= 0.3 is 0 Å². The van der Waals surface area contributed by atoms with E-state index in [4.69, 9.17) is 9.47 Å². The third-order valence-electron chi connectivity index (χ3n) is 6.31. The Bertz CT molecular complexity index is 1050. The highest BCUT2D eigenvalue weighted by Gasteiger charge is 2.36. The standard InChI is InChI=1S/C22H25FN6O2/c1-2-27-9-11-28(12-10-27)21(17-5-3-4-6-18(17)23)22-24-25-26-29(22)14-16-7-8-19-20(13-16)31-15-30-19/h3-8,13,21H,2,9-12,14-15H2,1H3/p+2/t21-/m1/s1. The molecule has 0 aliphatic carbocycles. The van der Waals surface area contributed by atoms with Crippen LogP contribution in [-0.2, 0) is 6.54 Å². The van der Waals surface area contributed by atoms with Crippen molar-refractivity contribution in [2.45, 2.75) is 19.5 Å². The normalized spacial score (nSPS) is 21.2. The summed E-state index contributed by atoms with van der Waals surface area (Å²) in [6, 6.07) is 12.5. The van der Waals surface area contributed by atoms with E-state index in [2.05, 4.69) is 22.4 Å². The van der Waals surface area contributed by atoms with Gasteiger partial charge in [0.2, 0.25) is 12.6 Å². The van der Waals surface area contributed by atoms with Crippen LogP contribution in [0.3, 0.4) is 0 Å². The Balaban J connectivity index is 1.48. The van der Waals surface area contributed by atoms with E-state index in [1.807, 2.05) is 30.3 Å². The van der Waals surface area contributed by atoms with E-state index in [0.29, 0.717) is 17.9 Å². The van der Waals surface area contributed by atoms with Gasteiger partial charge < -0.3 is 19.3 Å². The van der Waals surface area contributed by atoms with Crippen molar-refractivity contribution in [1.29, 1.82) is 0 Å². The van der Waals surface area contributed by atoms with Gasteiger partial charge in [0.25, 0.3) is 0 Å². The van der Waals surface area contributed by atoms with Crippen LogP contribution in [0.4, 0.5) is 4.39 Å². The SMILES string of the molecule is CC[NH+]1CC[NH+]([C@H](c2ccccc2F)c2nnnn2Cc2ccc3c(c2)OCO3)CC1. The van der Waals surface area contributed by atoms with E-state index < -0.39 is 0 Å². The number of nitrogens with one attached hydrogen (secondary N) is 2. The third kappa shape index (κ3) is 3.98. The molecule has 3 aromatic rings. The minimum absolute atomic E-state index is 0.220. The van der Waals surface area contributed by atoms with Gasteiger partial charge in [0.05, 0.1) is 18.7 Å². The lowest BCUT2D eigenvalue weighted by molar-refractivity contribution is -1.02. The second-order valence-corrected chi connectivity index (χ2v) is 8.10. The number of tetrazole rings is 1. The lowest BCUT2D eigenvalue weighted by Crippen LogP contribution is -3.28. The van der Waals surface area contributed by atoms with Crippen molar-refractivity contribution in [3.8, 4) is 11.5 Å². The average molecular weight is 426 g/mol. The first-order chi connectivity index (χ1) is 15.2. The molecule has 5 rings (SSSR count). The van der Waals surface area contributed by atoms with Gasteiger partial charge in [-0.2, -0.15) is 0 Å². The summed E-state index contributed by atoms with van der Waals surface area (Å²) in [5.74, 6) is 1.92. The van der Waals surface area contributed by atoms with Crippen LogP contribution < -0.4 is 19.3 Å². The van der Waals surface area contributed by atoms with Crippen molar-refractivity contribution in [1.82, 2.24) is 20.2 Å². The number of piperazine rings is 1. The summed E-state index contributed by atoms with van der Waals surface area (Å²) in [4.78, 5) is 2.88. The largest absolute Gasteiger partial charge is 0.454 e. The van der Waals surface area contributed by atoms with E-state index in [0.717, 1.165) is 49.8 Å². The summed E-state index contributed by atoms with van der Waals surface area (Å²) in [5.41, 5.74) is 1.64. The molecule has 3 heterocycles. The predicted octanol–water partition coefficient (Wildman–Crippen LogP) is -0.518. The minimum atomic E-state index is -0.261. The molecule has 2 aliphatic rings. The number of nitrogens with zero attached hydrogens (tertiary/aromatic N) is 4. The summed E-state index contributed by atoms with van der Waals surface area (Å²) in [6.45, 7) is 8.03. The maximum absolute atomic E-state index is 14.9. The van der Waals surface area contributed by atoms with Crippen molar-refractivity contribution < 1.29 is 23.7 Å². The first-order valence-electron chi connectivity index (χ1n) is 10.8. The fourth-order valence-corrected chi connectivity index (χ4v) is 4.56. The van der Waals surface area contributed by atoms with Gasteiger partial charge in [0.15, 0.2) is 17.5 Å². The highest BCUT2D eigenvalue weighted by Crippen LogP contribution is 2.32. The van der Waals surface area contributed by atoms with Crippen LogP contribution in [0.25, 0.3) is 0 Å². The van der Waals surface area contributed by atoms with Gasteiger partial charge in [-0.1, -0.05) is 18.2 Å². The molecule has 2 N–H and O–H groups in total. The third-order valence-corrected chi connectivity index (χ3v) is 6.31. The van der Waals surface area contributed by atoms with Crippen LogP contribution in [0.5, 0.6) is 11.5 Å². The molecule has 1 fully saturated rings. The van der Waals surface area contributed by atoms with Crippen LogP contribution in [0.2, 0.25) is 0 Å². The van der Waals surface area contributed by atoms with Crippen LogP contribution in [-0.4, -0.2) is 59.7 Å². The monoisotopic (exact) mass is 426 g/mol. The highest BCUT2D eigenvalue weighted by molar-refractivity contribution is 5.44. The average Bonchev–Trinajstić information content (AvgIpc) is 3.45. The molecule has 0 saturated carbocycles. The van der Waals surface area contributed by atoms with Crippen molar-refractivity contribution in [2.75, 3.05) is 39.5 Å². The number of fused-ring (bicyclic) bond motifs is 1. The highest BCUT2D eigenvalue weighted by atomic mass is 19.1. The van der Waals surface area contributed by atoms with E-state index in [1.165, 1.54) is 11.0 Å². The number of hydrogen-bond donors (Lipinski definition) is 2. The zero-order valence-corrected chi connectivity index (χ0v) is 17.6. The number of quaternary nitrogens is 2. The first-order valence-corrected chi connectivity index (χ1v) is 10.8. The predicted molar refractivity (Wildman–Crippen MR) is 110 cm³/mol. The molecule has 9 heteroatoms. The van der Waals surface area contributed by atoms with Gasteiger partial charge in [-0.25, -0.2) is 9.07 Å². The number of halogens is 1. The zero-order chi connectivity index (χ0) is 21.2. The zero-order valence-electron chi connectivity index (χ0n) is 17.6. The van der Waals surface area contributed by atoms with E-state index in [1.54, 1.807) is 15.6 Å². The van der Waals surface area contributed by atoms with E-state index in [-0.39, 0.29) is 18.7 Å². The summed E-state index contributed by atoms with van der Waals surface area (Å²) in [6.07, 6.45) is 0. The molecular formula is C22H27FN6O2+2. The lowest BCUT2D eigenvalue weighted by atomic mass is 10.0. The summed E-state index contributed by atoms with van der Waals surface area (Å²) in [7, 11) is 0. The molecule has 2 aliphatic heterocycles. The minimum Gasteiger partial charge on any atom is -0.454 e. The number of ether oxygens (including phenoxy) is 2. The maximum atomic E-state index is 14.9. The number of rotatable bonds is 6. The molecule has 1 atom stereocenters. The van der Waals surface area contributed by atoms with Crippen LogP contribution in [0.1, 0.15) is 29.9 Å². The Morgan fingerprint density at radius 3 is 2.68 bits per heavy atom. The first kappa shape index (κ1) is 19.9. The molecule has 0 spiro atoms. The number of hydrogen-bond acceptors (Lipinski definition) is 5. The van der Waals surface area contributed by atoms with Crippen molar-refractivity contribution in [3.63, 3.8) is 0 Å². The van der Waals surface area contributed by atoms with E-state index >= 15 is 0 Å². The van der Waals surface area contributed by atoms with Gasteiger partial charge in [-0.15, -0.1) is 5.10 Å². The van der Waals surface area contributed by atoms with Crippen LogP contribution >= 0.6 is 0 Å². The smallest absolute Gasteiger partial charge is 0.231 e. The molecule has 0 radical (unpaired) electrons. The molecule has 31 heavy (non-hydrogen) atoms. The fourth-order valence-electron chi connectivity index (χ4n) is 4.56. The molecule has 162 valence electrons. The summed E-state index contributed by atoms with van der Waals surface area (Å²) < 4.78 is 27.6. The number of benzene rings is 2. The van der Waals surface area contributed by atoms with Gasteiger partial charge in [0, 0.05) is 0 Å². The molecular weight excluding hydrogens is 399 g/mol. The van der Waals surface area contributed by atoms with Gasteiger partial charge in [0.1, 0.15) is 32.0 Å². The van der Waals surface area contributed by atoms with Crippen LogP contribution in [0, 0.1) is 5.82 Å². The Hall–Kier alpha value is -3.04. The van der Waals surface area contributed by atoms with Gasteiger partial charge in [-0.3, -0.25) is 0 Å². The topological polar surface area (TPSA) is 70.9 Å². The Labute approximate surface area is 180 Å². The number of aromatic nitrogens is 4. The van der Waals surface area contributed by atoms with E-state index in [9.17, 15) is 4.39 Å². The molecule has 1 saturated heterocycles. The Kier molecular flexibility index (Phi) is 5.52. The van der Waals surface area contributed by atoms with Gasteiger partial charge in [-0.05, 0) is 47.2 Å². The second kappa shape index (κ2) is 8.60. The molecule has 0 unspecified atom stereocenters. The Morgan fingerprint density at radius 1 is 1.06 bits per heavy atom. The van der Waals surface area contributed by atoms with Crippen LogP contribution in [0.15, 0.2) is 42.5 Å². The molecule has 2 aromatic carbocycles. The lowest BCUT2D eigenvalue weighted by Gasteiger charge is -2.33. The molecule has 8 nitrogen and oxygen atoms in total. The Morgan fingerprint density at radius 2 is 1.87 bits per heavy atom. The molecule has 0 amide bonds. The molecule has 0 bridgehead atoms. The quantitative estimate of drug-likeness (QED) is 0.555. The number of likely N-dealkylation sites (N-methyl/N-ethyl adjacent to an activating group) is 1. The molecule has 1 aromatic heterocycles. The fraction of sp³-hybridized carbons (Fsp3) is 0.409. The van der Waals surface area contributed by atoms with Crippen molar-refractivity contribution in [3.05, 3.63) is 65.2 Å². The van der Waals surface area contributed by atoms with Crippen molar-refractivity contribution in [2.24, 2.45) is 0 Å². The summed E-state index contributed by atoms with van der Waals surface area (Å²) >= 11 is 0.